The molecule has 0 saturated carbocycles. The fourth-order valence-corrected chi connectivity index (χ4v) is 1.94. The number of aliphatic hydroxyl groups excluding tert-OH is 2. The predicted octanol–water partition coefficient (Wildman–Crippen LogP) is 1.30. The van der Waals surface area contributed by atoms with Crippen LogP contribution >= 0.6 is 0 Å². The van der Waals surface area contributed by atoms with E-state index in [0.717, 1.165) is 0 Å². The van der Waals surface area contributed by atoms with Gasteiger partial charge in [0.25, 0.3) is 0 Å². The molecule has 1 aromatic carbocycles. The molecule has 0 spiro atoms. The first-order valence-corrected chi connectivity index (χ1v) is 7.14. The maximum atomic E-state index is 12.0. The third kappa shape index (κ3) is 5.83. The van der Waals surface area contributed by atoms with Crippen LogP contribution in [-0.2, 0) is 14.3 Å². The third-order valence-electron chi connectivity index (χ3n) is 3.24. The minimum absolute atomic E-state index is 0.155. The fraction of sp³-hybridized carbons (Fsp3) is 0.500. The highest BCUT2D eigenvalue weighted by Crippen LogP contribution is 2.15. The maximum Gasteiger partial charge on any atom is 0.338 e. The average molecular weight is 310 g/mol. The summed E-state index contributed by atoms with van der Waals surface area (Å²) in [5.74, 6) is -0.956. The number of esters is 2. The molecule has 22 heavy (non-hydrogen) atoms. The monoisotopic (exact) mass is 310 g/mol. The van der Waals surface area contributed by atoms with Gasteiger partial charge in [0.15, 0.2) is 0 Å². The van der Waals surface area contributed by atoms with Gasteiger partial charge in [-0.2, -0.15) is 0 Å². The summed E-state index contributed by atoms with van der Waals surface area (Å²) in [6.45, 7) is 1.41. The molecular weight excluding hydrogens is 288 g/mol. The molecule has 122 valence electrons. The molecule has 0 fully saturated rings. The molecule has 0 radical (unpaired) electrons. The van der Waals surface area contributed by atoms with Gasteiger partial charge in [0, 0.05) is 6.42 Å². The number of carbonyl (C=O) groups excluding carboxylic acids is 2. The summed E-state index contributed by atoms with van der Waals surface area (Å²) >= 11 is 0. The molecule has 0 saturated heterocycles. The van der Waals surface area contributed by atoms with Crippen molar-refractivity contribution in [1.82, 2.24) is 0 Å². The van der Waals surface area contributed by atoms with E-state index in [1.807, 2.05) is 0 Å². The van der Waals surface area contributed by atoms with Crippen molar-refractivity contribution in [3.05, 3.63) is 35.9 Å². The van der Waals surface area contributed by atoms with Crippen LogP contribution in [0.1, 0.15) is 36.5 Å². The van der Waals surface area contributed by atoms with Gasteiger partial charge in [0.05, 0.1) is 18.8 Å². The van der Waals surface area contributed by atoms with Crippen LogP contribution in [0.3, 0.4) is 0 Å². The Morgan fingerprint density at radius 2 is 1.82 bits per heavy atom. The molecular formula is C16H22O6. The molecule has 3 atom stereocenters. The lowest BCUT2D eigenvalue weighted by Crippen LogP contribution is -2.39. The lowest BCUT2D eigenvalue weighted by atomic mass is 10.0. The zero-order chi connectivity index (χ0) is 16.5. The second kappa shape index (κ2) is 9.17. The number of hydrogen-bond donors (Lipinski definition) is 2. The van der Waals surface area contributed by atoms with Crippen LogP contribution in [-0.4, -0.2) is 47.6 Å². The van der Waals surface area contributed by atoms with E-state index in [-0.39, 0.29) is 18.8 Å². The van der Waals surface area contributed by atoms with Crippen LogP contribution in [0.25, 0.3) is 0 Å². The van der Waals surface area contributed by atoms with Crippen molar-refractivity contribution >= 4 is 11.9 Å². The molecule has 0 aromatic heterocycles. The SMILES string of the molecule is COC(=O)CCCC(OC(=O)c1ccccc1)C(O)C(C)O. The van der Waals surface area contributed by atoms with E-state index >= 15 is 0 Å². The minimum atomic E-state index is -1.22. The van der Waals surface area contributed by atoms with Gasteiger partial charge in [0.1, 0.15) is 12.2 Å². The molecule has 3 unspecified atom stereocenters. The van der Waals surface area contributed by atoms with Crippen LogP contribution in [0.15, 0.2) is 30.3 Å². The normalized spacial score (nSPS) is 14.7. The second-order valence-electron chi connectivity index (χ2n) is 5.01. The van der Waals surface area contributed by atoms with Gasteiger partial charge in [0.2, 0.25) is 0 Å². The number of methoxy groups -OCH3 is 1. The zero-order valence-electron chi connectivity index (χ0n) is 12.8. The summed E-state index contributed by atoms with van der Waals surface area (Å²) < 4.78 is 9.81. The van der Waals surface area contributed by atoms with Gasteiger partial charge in [-0.3, -0.25) is 4.79 Å². The third-order valence-corrected chi connectivity index (χ3v) is 3.24. The quantitative estimate of drug-likeness (QED) is 0.703. The van der Waals surface area contributed by atoms with Crippen LogP contribution < -0.4 is 0 Å². The van der Waals surface area contributed by atoms with Crippen LogP contribution in [0.4, 0.5) is 0 Å². The van der Waals surface area contributed by atoms with Gasteiger partial charge in [-0.15, -0.1) is 0 Å². The van der Waals surface area contributed by atoms with Crippen LogP contribution in [0.5, 0.6) is 0 Å². The Morgan fingerprint density at radius 1 is 1.18 bits per heavy atom. The van der Waals surface area contributed by atoms with E-state index in [0.29, 0.717) is 12.0 Å². The van der Waals surface area contributed by atoms with Gasteiger partial charge < -0.3 is 19.7 Å². The van der Waals surface area contributed by atoms with Crippen LogP contribution in [0, 0.1) is 0 Å². The molecule has 6 nitrogen and oxygen atoms in total. The van der Waals surface area contributed by atoms with Crippen molar-refractivity contribution in [2.75, 3.05) is 7.11 Å². The number of rotatable bonds is 8. The Balaban J connectivity index is 2.65. The summed E-state index contributed by atoms with van der Waals surface area (Å²) in [7, 11) is 1.29. The molecule has 0 heterocycles. The van der Waals surface area contributed by atoms with Crippen molar-refractivity contribution in [3.8, 4) is 0 Å². The van der Waals surface area contributed by atoms with Crippen molar-refractivity contribution in [2.24, 2.45) is 0 Å². The van der Waals surface area contributed by atoms with Gasteiger partial charge in [-0.1, -0.05) is 18.2 Å². The zero-order valence-corrected chi connectivity index (χ0v) is 12.8. The van der Waals surface area contributed by atoms with E-state index in [9.17, 15) is 19.8 Å². The molecule has 1 aromatic rings. The van der Waals surface area contributed by atoms with E-state index in [1.54, 1.807) is 30.3 Å². The average Bonchev–Trinajstić information content (AvgIpc) is 2.53. The summed E-state index contributed by atoms with van der Waals surface area (Å²) in [5.41, 5.74) is 0.360. The Labute approximate surface area is 129 Å². The van der Waals surface area contributed by atoms with Crippen LogP contribution in [0.2, 0.25) is 0 Å². The van der Waals surface area contributed by atoms with Crippen molar-refractivity contribution in [2.45, 2.75) is 44.5 Å². The lowest BCUT2D eigenvalue weighted by Gasteiger charge is -2.25. The van der Waals surface area contributed by atoms with Gasteiger partial charge >= 0.3 is 11.9 Å². The topological polar surface area (TPSA) is 93.1 Å². The lowest BCUT2D eigenvalue weighted by molar-refractivity contribution is -0.141. The van der Waals surface area contributed by atoms with E-state index < -0.39 is 24.3 Å². The first-order chi connectivity index (χ1) is 10.5. The molecule has 0 bridgehead atoms. The molecule has 0 aliphatic heterocycles. The Bertz CT molecular complexity index is 471. The second-order valence-corrected chi connectivity index (χ2v) is 5.01. The Hall–Kier alpha value is -1.92. The van der Waals surface area contributed by atoms with E-state index in [2.05, 4.69) is 4.74 Å². The largest absolute Gasteiger partial charge is 0.469 e. The highest BCUT2D eigenvalue weighted by atomic mass is 16.6. The first-order valence-electron chi connectivity index (χ1n) is 7.14. The molecule has 6 heteroatoms. The summed E-state index contributed by atoms with van der Waals surface area (Å²) in [4.78, 5) is 23.1. The highest BCUT2D eigenvalue weighted by molar-refractivity contribution is 5.89. The van der Waals surface area contributed by atoms with Gasteiger partial charge in [-0.25, -0.2) is 4.79 Å². The van der Waals surface area contributed by atoms with Crippen molar-refractivity contribution < 1.29 is 29.3 Å². The number of ether oxygens (including phenoxy) is 2. The standard InChI is InChI=1S/C16H22O6/c1-11(17)15(19)13(9-6-10-14(18)21-2)22-16(20)12-7-4-3-5-8-12/h3-5,7-8,11,13,15,17,19H,6,9-10H2,1-2H3. The fourth-order valence-electron chi connectivity index (χ4n) is 1.94. The molecule has 0 amide bonds. The van der Waals surface area contributed by atoms with Gasteiger partial charge in [-0.05, 0) is 31.9 Å². The van der Waals surface area contributed by atoms with Crippen molar-refractivity contribution in [1.29, 1.82) is 0 Å². The number of aliphatic hydroxyl groups is 2. The molecule has 0 aliphatic carbocycles. The number of benzene rings is 1. The van der Waals surface area contributed by atoms with E-state index in [1.165, 1.54) is 14.0 Å². The summed E-state index contributed by atoms with van der Waals surface area (Å²) in [5, 5.41) is 19.5. The first kappa shape index (κ1) is 18.1. The number of hydrogen-bond acceptors (Lipinski definition) is 6. The molecule has 2 N–H and O–H groups in total. The molecule has 1 rings (SSSR count). The number of carbonyl (C=O) groups is 2. The Morgan fingerprint density at radius 3 is 2.36 bits per heavy atom. The smallest absolute Gasteiger partial charge is 0.338 e. The Kier molecular flexibility index (Phi) is 7.56. The van der Waals surface area contributed by atoms with Crippen molar-refractivity contribution in [3.63, 3.8) is 0 Å². The van der Waals surface area contributed by atoms with E-state index in [4.69, 9.17) is 4.74 Å². The maximum absolute atomic E-state index is 12.0. The summed E-state index contributed by atoms with van der Waals surface area (Å²) in [6.07, 6.45) is -2.37. The predicted molar refractivity (Wildman–Crippen MR) is 79.2 cm³/mol. The minimum Gasteiger partial charge on any atom is -0.469 e. The highest BCUT2D eigenvalue weighted by Gasteiger charge is 2.27. The summed E-state index contributed by atoms with van der Waals surface area (Å²) in [6, 6.07) is 8.38. The molecule has 0 aliphatic rings.